The number of hydrogen-bond acceptors (Lipinski definition) is 5. The first-order valence-electron chi connectivity index (χ1n) is 10.2. The highest BCUT2D eigenvalue weighted by molar-refractivity contribution is 5.87. The predicted molar refractivity (Wildman–Crippen MR) is 120 cm³/mol. The van der Waals surface area contributed by atoms with Crippen LogP contribution in [0.1, 0.15) is 35.3 Å². The van der Waals surface area contributed by atoms with E-state index in [4.69, 9.17) is 5.11 Å². The normalized spacial score (nSPS) is 11.3. The molecule has 0 aliphatic carbocycles. The van der Waals surface area contributed by atoms with Crippen molar-refractivity contribution in [1.82, 2.24) is 25.4 Å². The summed E-state index contributed by atoms with van der Waals surface area (Å²) in [6.45, 7) is 9.04. The molecule has 0 aromatic carbocycles. The average Bonchev–Trinajstić information content (AvgIpc) is 2.77. The number of aromatic nitrogens is 1. The van der Waals surface area contributed by atoms with Crippen molar-refractivity contribution in [2.45, 2.75) is 31.8 Å². The number of urea groups is 1. The predicted octanol–water partition coefficient (Wildman–Crippen LogP) is 1.88. The van der Waals surface area contributed by atoms with Crippen LogP contribution in [0.3, 0.4) is 0 Å². The van der Waals surface area contributed by atoms with Gasteiger partial charge in [-0.05, 0) is 31.4 Å². The number of rotatable bonds is 14. The molecule has 0 saturated heterocycles. The second-order valence-corrected chi connectivity index (χ2v) is 7.07. The van der Waals surface area contributed by atoms with Gasteiger partial charge in [0.15, 0.2) is 0 Å². The molecule has 3 N–H and O–H groups in total. The third kappa shape index (κ3) is 9.00. The highest BCUT2D eigenvalue weighted by Gasteiger charge is 2.23. The van der Waals surface area contributed by atoms with E-state index in [1.165, 1.54) is 18.3 Å². The lowest BCUT2D eigenvalue weighted by atomic mass is 10.1. The Bertz CT molecular complexity index is 758. The molecule has 0 fully saturated rings. The van der Waals surface area contributed by atoms with E-state index in [1.807, 2.05) is 0 Å². The van der Waals surface area contributed by atoms with Crippen LogP contribution in [0.4, 0.5) is 4.79 Å². The minimum absolute atomic E-state index is 0.0890. The maximum absolute atomic E-state index is 13.1. The zero-order chi connectivity index (χ0) is 23.2. The fraction of sp³-hybridized carbons (Fsp3) is 0.455. The van der Waals surface area contributed by atoms with Gasteiger partial charge in [-0.3, -0.25) is 9.78 Å². The first kappa shape index (κ1) is 25.8. The summed E-state index contributed by atoms with van der Waals surface area (Å²) in [6.07, 6.45) is 6.79. The number of nitrogens with one attached hydrogen (secondary N) is 2. The summed E-state index contributed by atoms with van der Waals surface area (Å²) in [4.78, 5) is 43.3. The van der Waals surface area contributed by atoms with Crippen LogP contribution in [-0.4, -0.2) is 77.6 Å². The van der Waals surface area contributed by atoms with Crippen LogP contribution in [0.5, 0.6) is 0 Å². The van der Waals surface area contributed by atoms with E-state index < -0.39 is 12.0 Å². The molecule has 0 aliphatic heterocycles. The van der Waals surface area contributed by atoms with Crippen LogP contribution < -0.4 is 10.6 Å². The van der Waals surface area contributed by atoms with Crippen molar-refractivity contribution >= 4 is 17.9 Å². The van der Waals surface area contributed by atoms with Gasteiger partial charge in [0.2, 0.25) is 5.91 Å². The zero-order valence-corrected chi connectivity index (χ0v) is 18.3. The fourth-order valence-corrected chi connectivity index (χ4v) is 3.02. The van der Waals surface area contributed by atoms with Crippen molar-refractivity contribution in [3.8, 4) is 0 Å². The van der Waals surface area contributed by atoms with Gasteiger partial charge in [0.05, 0.1) is 17.3 Å². The molecule has 31 heavy (non-hydrogen) atoms. The fourth-order valence-electron chi connectivity index (χ4n) is 3.02. The Kier molecular flexibility index (Phi) is 11.6. The van der Waals surface area contributed by atoms with E-state index in [0.29, 0.717) is 31.7 Å². The molecule has 170 valence electrons. The highest BCUT2D eigenvalue weighted by atomic mass is 16.4. The summed E-state index contributed by atoms with van der Waals surface area (Å²) < 4.78 is 0. The van der Waals surface area contributed by atoms with Gasteiger partial charge in [-0.1, -0.05) is 12.2 Å². The van der Waals surface area contributed by atoms with Crippen LogP contribution in [0.25, 0.3) is 0 Å². The highest BCUT2D eigenvalue weighted by Crippen LogP contribution is 2.09. The third-order valence-electron chi connectivity index (χ3n) is 4.70. The van der Waals surface area contributed by atoms with Gasteiger partial charge in [0.1, 0.15) is 0 Å². The van der Waals surface area contributed by atoms with E-state index in [-0.39, 0.29) is 24.0 Å². The number of carboxylic acid groups (broad SMARTS) is 1. The molecule has 9 nitrogen and oxygen atoms in total. The van der Waals surface area contributed by atoms with E-state index in [2.05, 4.69) is 28.8 Å². The molecule has 1 rings (SSSR count). The molecule has 1 atom stereocenters. The maximum Gasteiger partial charge on any atom is 0.335 e. The quantitative estimate of drug-likeness (QED) is 0.306. The lowest BCUT2D eigenvalue weighted by Crippen LogP contribution is -2.46. The monoisotopic (exact) mass is 431 g/mol. The molecule has 0 spiro atoms. The van der Waals surface area contributed by atoms with Gasteiger partial charge < -0.3 is 25.5 Å². The Hall–Kier alpha value is -3.20. The van der Waals surface area contributed by atoms with Crippen LogP contribution in [0, 0.1) is 0 Å². The van der Waals surface area contributed by atoms with Crippen LogP contribution in [0.15, 0.2) is 43.6 Å². The minimum atomic E-state index is -1.03. The van der Waals surface area contributed by atoms with Gasteiger partial charge in [-0.2, -0.15) is 0 Å². The zero-order valence-electron chi connectivity index (χ0n) is 18.3. The molecule has 0 saturated carbocycles. The molecule has 0 aliphatic rings. The minimum Gasteiger partial charge on any atom is -0.478 e. The number of carbonyl (C=O) groups is 3. The molecular weight excluding hydrogens is 398 g/mol. The number of pyridine rings is 1. The largest absolute Gasteiger partial charge is 0.478 e. The second kappa shape index (κ2) is 13.9. The summed E-state index contributed by atoms with van der Waals surface area (Å²) >= 11 is 0. The average molecular weight is 432 g/mol. The Labute approximate surface area is 183 Å². The van der Waals surface area contributed by atoms with Gasteiger partial charge in [0.25, 0.3) is 0 Å². The number of carbonyl (C=O) groups excluding carboxylic acids is 2. The van der Waals surface area contributed by atoms with Gasteiger partial charge in [0, 0.05) is 46.5 Å². The number of hydrogen-bond donors (Lipinski definition) is 3. The molecule has 3 amide bonds. The van der Waals surface area contributed by atoms with Crippen LogP contribution in [0.2, 0.25) is 0 Å². The van der Waals surface area contributed by atoms with Crippen LogP contribution in [-0.2, 0) is 11.3 Å². The lowest BCUT2D eigenvalue weighted by molar-refractivity contribution is -0.132. The number of unbranched alkanes of at least 4 members (excludes halogenated alkanes) is 1. The lowest BCUT2D eigenvalue weighted by Gasteiger charge is -2.26. The van der Waals surface area contributed by atoms with Crippen molar-refractivity contribution in [3.63, 3.8) is 0 Å². The van der Waals surface area contributed by atoms with Crippen molar-refractivity contribution in [2.24, 2.45) is 0 Å². The van der Waals surface area contributed by atoms with Crippen LogP contribution >= 0.6 is 0 Å². The summed E-state index contributed by atoms with van der Waals surface area (Å²) in [5, 5.41) is 14.9. The molecule has 1 heterocycles. The number of carboxylic acids is 1. The first-order valence-corrected chi connectivity index (χ1v) is 10.2. The first-order chi connectivity index (χ1) is 14.8. The van der Waals surface area contributed by atoms with E-state index >= 15 is 0 Å². The SMILES string of the molecule is C=CCN(CC=C)C(=O)C(CCCCN(C)C(=O)NC)NCc1cc(C(=O)O)ccn1. The van der Waals surface area contributed by atoms with E-state index in [0.717, 1.165) is 12.8 Å². The smallest absolute Gasteiger partial charge is 0.335 e. The van der Waals surface area contributed by atoms with E-state index in [1.54, 1.807) is 36.0 Å². The van der Waals surface area contributed by atoms with Crippen molar-refractivity contribution in [1.29, 1.82) is 0 Å². The molecule has 1 aromatic rings. The third-order valence-corrected chi connectivity index (χ3v) is 4.70. The Morgan fingerprint density at radius 3 is 2.48 bits per heavy atom. The van der Waals surface area contributed by atoms with Gasteiger partial charge in [-0.15, -0.1) is 13.2 Å². The maximum atomic E-state index is 13.1. The van der Waals surface area contributed by atoms with Crippen molar-refractivity contribution in [3.05, 3.63) is 54.9 Å². The van der Waals surface area contributed by atoms with Gasteiger partial charge in [-0.25, -0.2) is 9.59 Å². The van der Waals surface area contributed by atoms with E-state index in [9.17, 15) is 14.4 Å². The van der Waals surface area contributed by atoms with Crippen molar-refractivity contribution in [2.75, 3.05) is 33.7 Å². The second-order valence-electron chi connectivity index (χ2n) is 7.07. The standard InChI is InChI=1S/C22H33N5O4/c1-5-12-27(13-6-2)20(28)19(9-7-8-14-26(4)22(31)23-3)25-16-18-15-17(21(29)30)10-11-24-18/h5-6,10-11,15,19,25H,1-2,7-9,12-14,16H2,3-4H3,(H,23,31)(H,29,30). The molecular formula is C22H33N5O4. The molecule has 9 heteroatoms. The topological polar surface area (TPSA) is 115 Å². The molecule has 1 unspecified atom stereocenters. The summed E-state index contributed by atoms with van der Waals surface area (Å²) in [5.74, 6) is -1.12. The van der Waals surface area contributed by atoms with Gasteiger partial charge >= 0.3 is 12.0 Å². The summed E-state index contributed by atoms with van der Waals surface area (Å²) in [7, 11) is 3.30. The Morgan fingerprint density at radius 2 is 1.90 bits per heavy atom. The number of aromatic carboxylic acids is 1. The summed E-state index contributed by atoms with van der Waals surface area (Å²) in [5.41, 5.74) is 0.683. The number of amides is 3. The Balaban J connectivity index is 2.81. The van der Waals surface area contributed by atoms with Crippen molar-refractivity contribution < 1.29 is 19.5 Å². The molecule has 0 radical (unpaired) electrons. The molecule has 0 bridgehead atoms. The molecule has 1 aromatic heterocycles. The summed E-state index contributed by atoms with van der Waals surface area (Å²) in [6, 6.07) is 2.27. The number of nitrogens with zero attached hydrogens (tertiary/aromatic N) is 3. The Morgan fingerprint density at radius 1 is 1.23 bits per heavy atom.